The van der Waals surface area contributed by atoms with Crippen LogP contribution in [0.4, 0.5) is 0 Å². The van der Waals surface area contributed by atoms with E-state index in [0.29, 0.717) is 39.6 Å². The molecule has 6 heteroatoms. The van der Waals surface area contributed by atoms with Crippen molar-refractivity contribution in [3.63, 3.8) is 0 Å². The predicted octanol–water partition coefficient (Wildman–Crippen LogP) is 2.56. The maximum absolute atomic E-state index is 5.67. The van der Waals surface area contributed by atoms with Crippen LogP contribution >= 0.6 is 0 Å². The van der Waals surface area contributed by atoms with E-state index in [1.165, 1.54) is 0 Å². The zero-order chi connectivity index (χ0) is 20.1. The van der Waals surface area contributed by atoms with Crippen LogP contribution in [0.2, 0.25) is 0 Å². The molecular weight excluding hydrogens is 342 g/mol. The number of hydrogen-bond donors (Lipinski definition) is 0. The Labute approximate surface area is 166 Å². The quantitative estimate of drug-likeness (QED) is 0.321. The van der Waals surface area contributed by atoms with Gasteiger partial charge in [-0.15, -0.1) is 0 Å². The number of hydrogen-bond acceptors (Lipinski definition) is 6. The molecule has 0 aromatic carbocycles. The van der Waals surface area contributed by atoms with Crippen LogP contribution in [0.25, 0.3) is 0 Å². The van der Waals surface area contributed by atoms with E-state index >= 15 is 0 Å². The Morgan fingerprint density at radius 2 is 0.852 bits per heavy atom. The first-order chi connectivity index (χ1) is 12.9. The maximum atomic E-state index is 5.67. The average molecular weight is 382 g/mol. The van der Waals surface area contributed by atoms with Crippen LogP contribution in [0.15, 0.2) is 36.5 Å². The molecule has 6 nitrogen and oxygen atoms in total. The molecule has 1 fully saturated rings. The summed E-state index contributed by atoms with van der Waals surface area (Å²) in [6, 6.07) is 0. The molecule has 0 unspecified atom stereocenters. The van der Waals surface area contributed by atoms with E-state index in [0.717, 1.165) is 56.4 Å². The van der Waals surface area contributed by atoms with Gasteiger partial charge in [0.05, 0.1) is 59.6 Å². The highest BCUT2D eigenvalue weighted by Crippen LogP contribution is 2.08. The lowest BCUT2D eigenvalue weighted by Crippen LogP contribution is -2.56. The molecule has 0 N–H and O–H groups in total. The zero-order valence-corrected chi connectivity index (χ0v) is 17.7. The van der Waals surface area contributed by atoms with Crippen molar-refractivity contribution in [2.45, 2.75) is 20.8 Å². The molecule has 0 atom stereocenters. The van der Waals surface area contributed by atoms with Gasteiger partial charge in [0.1, 0.15) is 0 Å². The second-order valence-electron chi connectivity index (χ2n) is 7.64. The lowest BCUT2D eigenvalue weighted by molar-refractivity contribution is -0.0550. The average Bonchev–Trinajstić information content (AvgIpc) is 2.59. The summed E-state index contributed by atoms with van der Waals surface area (Å²) >= 11 is 0. The molecule has 0 amide bonds. The number of ether oxygens (including phenoxy) is 3. The highest BCUT2D eigenvalue weighted by Gasteiger charge is 2.22. The van der Waals surface area contributed by atoms with E-state index in [1.807, 2.05) is 20.8 Å². The van der Waals surface area contributed by atoms with Crippen LogP contribution < -0.4 is 0 Å². The van der Waals surface area contributed by atoms with Gasteiger partial charge in [-0.1, -0.05) is 36.5 Å². The Balaban J connectivity index is 2.40. The summed E-state index contributed by atoms with van der Waals surface area (Å²) < 4.78 is 17.0. The molecule has 1 rings (SSSR count). The Hall–Kier alpha value is -1.02. The lowest BCUT2D eigenvalue weighted by atomic mass is 10.4. The number of rotatable bonds is 15. The van der Waals surface area contributed by atoms with Crippen molar-refractivity contribution in [2.24, 2.45) is 0 Å². The second kappa shape index (κ2) is 14.0. The van der Waals surface area contributed by atoms with Crippen molar-refractivity contribution in [1.29, 1.82) is 0 Å². The van der Waals surface area contributed by atoms with Crippen LogP contribution in [0.1, 0.15) is 20.8 Å². The minimum Gasteiger partial charge on any atom is -0.376 e. The van der Waals surface area contributed by atoms with Crippen molar-refractivity contribution in [3.8, 4) is 0 Å². The van der Waals surface area contributed by atoms with Crippen molar-refractivity contribution < 1.29 is 14.2 Å². The first-order valence-electron chi connectivity index (χ1n) is 9.70. The third-order valence-corrected chi connectivity index (χ3v) is 3.90. The highest BCUT2D eigenvalue weighted by atomic mass is 16.5. The van der Waals surface area contributed by atoms with Gasteiger partial charge in [0.25, 0.3) is 0 Å². The molecule has 1 saturated heterocycles. The van der Waals surface area contributed by atoms with Gasteiger partial charge < -0.3 is 14.2 Å². The maximum Gasteiger partial charge on any atom is 0.0672 e. The van der Waals surface area contributed by atoms with Gasteiger partial charge in [0, 0.05) is 19.6 Å². The van der Waals surface area contributed by atoms with Gasteiger partial charge in [0.2, 0.25) is 0 Å². The largest absolute Gasteiger partial charge is 0.376 e. The van der Waals surface area contributed by atoms with Crippen LogP contribution in [0.3, 0.4) is 0 Å². The van der Waals surface area contributed by atoms with Crippen LogP contribution in [-0.4, -0.2) is 94.0 Å². The van der Waals surface area contributed by atoms with Gasteiger partial charge in [-0.25, -0.2) is 0 Å². The predicted molar refractivity (Wildman–Crippen MR) is 112 cm³/mol. The molecule has 0 radical (unpaired) electrons. The van der Waals surface area contributed by atoms with Crippen molar-refractivity contribution >= 4 is 0 Å². The number of nitrogens with zero attached hydrogens (tertiary/aromatic N) is 3. The first-order valence-corrected chi connectivity index (χ1v) is 9.70. The van der Waals surface area contributed by atoms with E-state index in [2.05, 4.69) is 34.4 Å². The molecule has 1 aliphatic heterocycles. The standard InChI is InChI=1S/C21H39N3O3/c1-19(2)13-25-10-7-22-16-23(8-11-26-14-20(3)4)18-24(17-22)9-12-27-15-21(5)6/h1,3,5,7-18H2,2,4,6H3. The molecule has 0 bridgehead atoms. The molecule has 0 aliphatic carbocycles. The first kappa shape index (κ1) is 24.0. The van der Waals surface area contributed by atoms with Crippen molar-refractivity contribution in [2.75, 3.05) is 79.3 Å². The summed E-state index contributed by atoms with van der Waals surface area (Å²) in [7, 11) is 0. The Morgan fingerprint density at radius 1 is 0.593 bits per heavy atom. The highest BCUT2D eigenvalue weighted by molar-refractivity contribution is 4.88. The minimum absolute atomic E-state index is 0.630. The fraction of sp³-hybridized carbons (Fsp3) is 0.714. The normalized spacial score (nSPS) is 16.6. The van der Waals surface area contributed by atoms with E-state index in [1.54, 1.807) is 0 Å². The van der Waals surface area contributed by atoms with Gasteiger partial charge in [-0.3, -0.25) is 14.7 Å². The van der Waals surface area contributed by atoms with Crippen molar-refractivity contribution in [3.05, 3.63) is 36.5 Å². The smallest absolute Gasteiger partial charge is 0.0672 e. The molecule has 1 aliphatic rings. The van der Waals surface area contributed by atoms with E-state index in [4.69, 9.17) is 14.2 Å². The molecular formula is C21H39N3O3. The van der Waals surface area contributed by atoms with Crippen LogP contribution in [0, 0.1) is 0 Å². The van der Waals surface area contributed by atoms with Gasteiger partial charge >= 0.3 is 0 Å². The molecule has 1 heterocycles. The summed E-state index contributed by atoms with van der Waals surface area (Å²) in [6.07, 6.45) is 0. The molecule has 27 heavy (non-hydrogen) atoms. The fourth-order valence-electron chi connectivity index (χ4n) is 2.73. The topological polar surface area (TPSA) is 37.4 Å². The minimum atomic E-state index is 0.630. The summed E-state index contributed by atoms with van der Waals surface area (Å²) in [4.78, 5) is 7.21. The molecule has 0 saturated carbocycles. The second-order valence-corrected chi connectivity index (χ2v) is 7.64. The van der Waals surface area contributed by atoms with Gasteiger partial charge in [0.15, 0.2) is 0 Å². The summed E-state index contributed by atoms with van der Waals surface area (Å²) in [6.45, 7) is 27.1. The summed E-state index contributed by atoms with van der Waals surface area (Å²) in [5.41, 5.74) is 3.17. The van der Waals surface area contributed by atoms with Crippen LogP contribution in [-0.2, 0) is 14.2 Å². The summed E-state index contributed by atoms with van der Waals surface area (Å²) in [5.74, 6) is 0. The zero-order valence-electron chi connectivity index (χ0n) is 17.7. The molecule has 156 valence electrons. The van der Waals surface area contributed by atoms with Crippen molar-refractivity contribution in [1.82, 2.24) is 14.7 Å². The fourth-order valence-corrected chi connectivity index (χ4v) is 2.73. The third kappa shape index (κ3) is 12.9. The van der Waals surface area contributed by atoms with E-state index in [-0.39, 0.29) is 0 Å². The SMILES string of the molecule is C=C(C)COCCN1CN(CCOCC(=C)C)CN(CCOCC(=C)C)C1. The Bertz CT molecular complexity index is 395. The lowest BCUT2D eigenvalue weighted by Gasteiger charge is -2.42. The Kier molecular flexibility index (Phi) is 12.5. The molecule has 0 aromatic heterocycles. The monoisotopic (exact) mass is 381 g/mol. The van der Waals surface area contributed by atoms with E-state index < -0.39 is 0 Å². The van der Waals surface area contributed by atoms with Gasteiger partial charge in [-0.2, -0.15) is 0 Å². The summed E-state index contributed by atoms with van der Waals surface area (Å²) in [5, 5.41) is 0. The van der Waals surface area contributed by atoms with E-state index in [9.17, 15) is 0 Å². The Morgan fingerprint density at radius 3 is 1.07 bits per heavy atom. The van der Waals surface area contributed by atoms with Crippen LogP contribution in [0.5, 0.6) is 0 Å². The third-order valence-electron chi connectivity index (χ3n) is 3.90. The molecule has 0 aromatic rings. The molecule has 0 spiro atoms. The van der Waals surface area contributed by atoms with Gasteiger partial charge in [-0.05, 0) is 20.8 Å².